The fourth-order valence-electron chi connectivity index (χ4n) is 6.96. The molecule has 5 N–H and O–H groups in total. The number of halogens is 1. The maximum Gasteiger partial charge on any atom is 0.408 e. The van der Waals surface area contributed by atoms with Gasteiger partial charge in [0.25, 0.3) is 5.13 Å². The number of carbonyl (C=O) groups is 3. The Hall–Kier alpha value is -3.72. The number of fused-ring (bicyclic) bond motifs is 3. The lowest BCUT2D eigenvalue weighted by atomic mass is 9.85. The number of carbonyl (C=O) groups excluding carboxylic acids is 3. The lowest BCUT2D eigenvalue weighted by Crippen LogP contribution is -2.82. The van der Waals surface area contributed by atoms with Crippen LogP contribution in [0.1, 0.15) is 66.7 Å². The van der Waals surface area contributed by atoms with Gasteiger partial charge in [-0.15, -0.1) is 0 Å². The van der Waals surface area contributed by atoms with E-state index in [1.54, 1.807) is 12.1 Å². The average Bonchev–Trinajstić information content (AvgIpc) is 3.77. The van der Waals surface area contributed by atoms with Gasteiger partial charge in [-0.1, -0.05) is 43.7 Å². The van der Waals surface area contributed by atoms with Gasteiger partial charge in [0.2, 0.25) is 11.8 Å². The third-order valence-electron chi connectivity index (χ3n) is 9.39. The highest BCUT2D eigenvalue weighted by atomic mass is 35.5. The molecule has 50 heavy (non-hydrogen) atoms. The number of alkyl carbamates (subject to hydrolysis) is 1. The zero-order chi connectivity index (χ0) is 35.9. The van der Waals surface area contributed by atoms with E-state index < -0.39 is 41.5 Å². The van der Waals surface area contributed by atoms with E-state index in [4.69, 9.17) is 46.3 Å². The summed E-state index contributed by atoms with van der Waals surface area (Å²) in [7, 11) is 1.53. The highest BCUT2D eigenvalue weighted by Gasteiger charge is 2.46. The van der Waals surface area contributed by atoms with Crippen LogP contribution in [0.3, 0.4) is 0 Å². The molecule has 15 heteroatoms. The van der Waals surface area contributed by atoms with Crippen LogP contribution in [0.5, 0.6) is 11.5 Å². The molecular weight excluding hydrogens is 684 g/mol. The van der Waals surface area contributed by atoms with E-state index in [0.29, 0.717) is 57.7 Å². The van der Waals surface area contributed by atoms with Crippen molar-refractivity contribution in [3.63, 3.8) is 0 Å². The second-order valence-electron chi connectivity index (χ2n) is 14.7. The number of nitrogens with two attached hydrogens (primary N) is 2. The van der Waals surface area contributed by atoms with Crippen molar-refractivity contribution in [2.75, 3.05) is 13.7 Å². The quantitative estimate of drug-likeness (QED) is 0.275. The number of primary amides is 1. The molecular formula is C35H46ClN6O7S+. The SMILES string of the molecule is COc1ccc2c(O[C@@H]3C[C@@H](C(N)=O)N(C(=O)[C@@H](NC(=O)OC4C[C@H]5CC[C@@H](C4)O5)C(C)(C)C)C3)cc(-c3csc([NH2+]C(C)C)n3)nc2c1Cl. The smallest absolute Gasteiger partial charge is 0.408 e. The van der Waals surface area contributed by atoms with E-state index >= 15 is 0 Å². The average molecular weight is 730 g/mol. The van der Waals surface area contributed by atoms with Gasteiger partial charge < -0.3 is 34.9 Å². The van der Waals surface area contributed by atoms with Gasteiger partial charge in [0.05, 0.1) is 43.1 Å². The fourth-order valence-corrected chi connectivity index (χ4v) is 8.15. The van der Waals surface area contributed by atoms with E-state index in [1.165, 1.54) is 23.3 Å². The molecule has 3 aromatic rings. The Morgan fingerprint density at radius 3 is 2.44 bits per heavy atom. The summed E-state index contributed by atoms with van der Waals surface area (Å²) >= 11 is 8.27. The number of likely N-dealkylation sites (tertiary alicyclic amines) is 1. The minimum Gasteiger partial charge on any atom is -0.495 e. The topological polar surface area (TPSA) is 172 Å². The molecule has 1 unspecified atom stereocenters. The molecule has 3 amide bonds. The third kappa shape index (κ3) is 7.78. The number of nitrogens with one attached hydrogen (secondary N) is 1. The Morgan fingerprint density at radius 2 is 1.80 bits per heavy atom. The van der Waals surface area contributed by atoms with Crippen molar-refractivity contribution in [3.8, 4) is 22.9 Å². The number of nitrogens with zero attached hydrogens (tertiary/aromatic N) is 3. The van der Waals surface area contributed by atoms with Gasteiger partial charge in [0, 0.05) is 36.1 Å². The highest BCUT2D eigenvalue weighted by Crippen LogP contribution is 2.40. The van der Waals surface area contributed by atoms with Crippen LogP contribution in [0, 0.1) is 5.41 Å². The number of rotatable bonds is 10. The van der Waals surface area contributed by atoms with Crippen molar-refractivity contribution >= 4 is 56.9 Å². The molecule has 0 radical (unpaired) electrons. The molecule has 0 saturated carbocycles. The second-order valence-corrected chi connectivity index (χ2v) is 16.0. The number of pyridine rings is 1. The largest absolute Gasteiger partial charge is 0.495 e. The van der Waals surface area contributed by atoms with E-state index in [0.717, 1.165) is 18.0 Å². The molecule has 0 aliphatic carbocycles. The van der Waals surface area contributed by atoms with E-state index in [2.05, 4.69) is 24.5 Å². The predicted octanol–water partition coefficient (Wildman–Crippen LogP) is 4.31. The molecule has 3 saturated heterocycles. The first-order valence-electron chi connectivity index (χ1n) is 17.1. The number of quaternary nitrogens is 1. The van der Waals surface area contributed by atoms with Crippen LogP contribution in [0.4, 0.5) is 9.93 Å². The Kier molecular flexibility index (Phi) is 10.5. The Labute approximate surface area is 300 Å². The number of aromatic nitrogens is 2. The normalized spacial score (nSPS) is 24.0. The number of thiazole rings is 1. The van der Waals surface area contributed by atoms with Gasteiger partial charge in [0.1, 0.15) is 46.5 Å². The van der Waals surface area contributed by atoms with Crippen LogP contribution in [0.25, 0.3) is 22.3 Å². The zero-order valence-electron chi connectivity index (χ0n) is 29.2. The Balaban J connectivity index is 1.24. The van der Waals surface area contributed by atoms with Crippen LogP contribution in [-0.2, 0) is 19.1 Å². The number of hydrogen-bond donors (Lipinski definition) is 3. The van der Waals surface area contributed by atoms with Crippen molar-refractivity contribution in [2.24, 2.45) is 11.1 Å². The predicted molar refractivity (Wildman–Crippen MR) is 189 cm³/mol. The molecule has 5 heterocycles. The first-order valence-corrected chi connectivity index (χ1v) is 18.3. The maximum absolute atomic E-state index is 14.2. The molecule has 3 fully saturated rings. The van der Waals surface area contributed by atoms with Crippen LogP contribution in [0.2, 0.25) is 5.02 Å². The number of ether oxygens (including phenoxy) is 4. The van der Waals surface area contributed by atoms with Crippen molar-refractivity contribution in [1.82, 2.24) is 20.2 Å². The molecule has 2 aromatic heterocycles. The van der Waals surface area contributed by atoms with Crippen LogP contribution in [0.15, 0.2) is 23.6 Å². The van der Waals surface area contributed by atoms with Crippen LogP contribution < -0.4 is 25.8 Å². The molecule has 3 aliphatic heterocycles. The lowest BCUT2D eigenvalue weighted by molar-refractivity contribution is -0.602. The summed E-state index contributed by atoms with van der Waals surface area (Å²) in [6.07, 6.45) is 1.97. The lowest BCUT2D eigenvalue weighted by Gasteiger charge is -2.35. The molecule has 13 nitrogen and oxygen atoms in total. The van der Waals surface area contributed by atoms with Crippen LogP contribution in [-0.4, -0.2) is 89.0 Å². The van der Waals surface area contributed by atoms with Crippen molar-refractivity contribution < 1.29 is 38.6 Å². The highest BCUT2D eigenvalue weighted by molar-refractivity contribution is 7.13. The van der Waals surface area contributed by atoms with Crippen molar-refractivity contribution in [3.05, 3.63) is 28.6 Å². The van der Waals surface area contributed by atoms with Gasteiger partial charge in [-0.05, 0) is 44.2 Å². The first kappa shape index (κ1) is 36.1. The van der Waals surface area contributed by atoms with E-state index in [1.807, 2.05) is 32.2 Å². The second kappa shape index (κ2) is 14.5. The van der Waals surface area contributed by atoms with Crippen molar-refractivity contribution in [2.45, 2.75) is 109 Å². The summed E-state index contributed by atoms with van der Waals surface area (Å²) in [4.78, 5) is 51.2. The van der Waals surface area contributed by atoms with Crippen LogP contribution >= 0.6 is 22.9 Å². The Morgan fingerprint density at radius 1 is 1.08 bits per heavy atom. The molecule has 0 spiro atoms. The minimum absolute atomic E-state index is 0.0618. The first-order chi connectivity index (χ1) is 23.7. The van der Waals surface area contributed by atoms with Crippen molar-refractivity contribution in [1.29, 1.82) is 0 Å². The van der Waals surface area contributed by atoms with E-state index in [9.17, 15) is 14.4 Å². The molecule has 270 valence electrons. The van der Waals surface area contributed by atoms with Gasteiger partial charge in [-0.3, -0.25) is 14.9 Å². The number of methoxy groups -OCH3 is 1. The molecule has 6 atom stereocenters. The van der Waals surface area contributed by atoms with Gasteiger partial charge in [-0.25, -0.2) is 9.78 Å². The molecule has 6 rings (SSSR count). The fraction of sp³-hybridized carbons (Fsp3) is 0.571. The maximum atomic E-state index is 14.2. The summed E-state index contributed by atoms with van der Waals surface area (Å²) < 4.78 is 23.7. The summed E-state index contributed by atoms with van der Waals surface area (Å²) in [6.45, 7) is 9.78. The zero-order valence-corrected chi connectivity index (χ0v) is 30.8. The monoisotopic (exact) mass is 729 g/mol. The number of hydrogen-bond acceptors (Lipinski definition) is 10. The standard InChI is InChI=1S/C35H45ClN6O7S/c1-17(2)38-33-40-24(16-50-33)23-14-27(22-9-10-26(46-6)28(36)29(22)39-23)48-21-13-25(31(37)43)42(15-21)32(44)30(35(3,4)5)41-34(45)49-20-11-18-7-8-19(12-20)47-18/h9-10,14,16-21,25,30H,7-8,11-13,15H2,1-6H3,(H2,37,43)(H,38,40)(H,41,45)/p+1/t18-,19+,20?,21-,25+,30-/m1/s1. The van der Waals surface area contributed by atoms with Gasteiger partial charge >= 0.3 is 6.09 Å². The summed E-state index contributed by atoms with van der Waals surface area (Å²) in [5, 5.41) is 8.62. The number of benzene rings is 1. The van der Waals surface area contributed by atoms with E-state index in [-0.39, 0.29) is 31.3 Å². The van der Waals surface area contributed by atoms with Gasteiger partial charge in [-0.2, -0.15) is 4.98 Å². The molecule has 3 aliphatic rings. The minimum atomic E-state index is -0.992. The summed E-state index contributed by atoms with van der Waals surface area (Å²) in [6, 6.07) is 3.71. The molecule has 2 bridgehead atoms. The Bertz CT molecular complexity index is 1750. The molecule has 1 aromatic carbocycles. The summed E-state index contributed by atoms with van der Waals surface area (Å²) in [5.74, 6) is -0.196. The summed E-state index contributed by atoms with van der Waals surface area (Å²) in [5.41, 5.74) is 6.82. The third-order valence-corrected chi connectivity index (χ3v) is 10.6. The number of amides is 3. The van der Waals surface area contributed by atoms with Gasteiger partial charge in [0.15, 0.2) is 0 Å².